The third kappa shape index (κ3) is 5.98. The van der Waals surface area contributed by atoms with Crippen LogP contribution in [0.2, 0.25) is 0 Å². The van der Waals surface area contributed by atoms with Gasteiger partial charge in [-0.05, 0) is 48.9 Å². The number of hydrogen-bond acceptors (Lipinski definition) is 2. The van der Waals surface area contributed by atoms with Gasteiger partial charge in [0.05, 0.1) is 16.8 Å². The average molecular weight is 447 g/mol. The highest BCUT2D eigenvalue weighted by molar-refractivity contribution is 5.71. The van der Waals surface area contributed by atoms with Crippen molar-refractivity contribution in [1.82, 2.24) is 9.78 Å². The fourth-order valence-corrected chi connectivity index (χ4v) is 3.57. The molecule has 0 aliphatic carbocycles. The molecule has 8 heteroatoms. The molecule has 174 valence electrons. The van der Waals surface area contributed by atoms with E-state index in [2.05, 4.69) is 5.10 Å². The second-order valence-corrected chi connectivity index (χ2v) is 9.01. The molecule has 0 atom stereocenters. The molecular weight excluding hydrogens is 415 g/mol. The first-order valence-electron chi connectivity index (χ1n) is 10.5. The van der Waals surface area contributed by atoms with Crippen LogP contribution in [0.15, 0.2) is 18.2 Å². The van der Waals surface area contributed by atoms with E-state index in [0.717, 1.165) is 37.9 Å². The number of benzene rings is 1. The second-order valence-electron chi connectivity index (χ2n) is 9.01. The summed E-state index contributed by atoms with van der Waals surface area (Å²) in [5.41, 5.74) is 1.09. The van der Waals surface area contributed by atoms with Crippen LogP contribution in [0.5, 0.6) is 5.75 Å². The van der Waals surface area contributed by atoms with Gasteiger partial charge in [0.15, 0.2) is 0 Å². The highest BCUT2D eigenvalue weighted by atomic mass is 19.4. The Morgan fingerprint density at radius 3 is 2.29 bits per heavy atom. The van der Waals surface area contributed by atoms with Gasteiger partial charge in [-0.1, -0.05) is 47.1 Å². The van der Waals surface area contributed by atoms with Gasteiger partial charge in [0.2, 0.25) is 0 Å². The van der Waals surface area contributed by atoms with Crippen LogP contribution in [0, 0.1) is 18.3 Å². The van der Waals surface area contributed by atoms with Crippen molar-refractivity contribution < 1.29 is 26.7 Å². The molecule has 0 unspecified atom stereocenters. The standard InChI is InChI=1S/C23H31F5N2O/c1-7-8-18-15(4)20(30(29-18)13-14(2)3)17-10-9-16(11-19(17)31-21(24)25)12-22(5,6)23(26,27)28/h9-11,14,21H,7-8,12-13H2,1-6H3. The monoisotopic (exact) mass is 446 g/mol. The molecule has 0 saturated carbocycles. The molecule has 2 aromatic rings. The van der Waals surface area contributed by atoms with Crippen molar-refractivity contribution in [2.75, 3.05) is 0 Å². The second kappa shape index (κ2) is 9.57. The number of halogens is 5. The summed E-state index contributed by atoms with van der Waals surface area (Å²) in [5.74, 6) is 0.125. The van der Waals surface area contributed by atoms with Gasteiger partial charge in [-0.25, -0.2) is 0 Å². The smallest absolute Gasteiger partial charge is 0.394 e. The molecule has 0 N–H and O–H groups in total. The third-order valence-electron chi connectivity index (χ3n) is 5.24. The summed E-state index contributed by atoms with van der Waals surface area (Å²) >= 11 is 0. The zero-order chi connectivity index (χ0) is 23.6. The molecule has 0 amide bonds. The van der Waals surface area contributed by atoms with E-state index < -0.39 is 18.2 Å². The van der Waals surface area contributed by atoms with Gasteiger partial charge in [0, 0.05) is 12.1 Å². The van der Waals surface area contributed by atoms with Crippen molar-refractivity contribution in [2.45, 2.75) is 80.1 Å². The number of aromatic nitrogens is 2. The van der Waals surface area contributed by atoms with Crippen molar-refractivity contribution in [3.05, 3.63) is 35.0 Å². The predicted molar refractivity (Wildman–Crippen MR) is 111 cm³/mol. The summed E-state index contributed by atoms with van der Waals surface area (Å²) < 4.78 is 72.9. The number of ether oxygens (including phenoxy) is 1. The molecule has 0 bridgehead atoms. The Morgan fingerprint density at radius 1 is 1.13 bits per heavy atom. The summed E-state index contributed by atoms with van der Waals surface area (Å²) in [5, 5.41) is 4.68. The number of alkyl halides is 5. The van der Waals surface area contributed by atoms with Crippen LogP contribution < -0.4 is 4.74 Å². The van der Waals surface area contributed by atoms with Gasteiger partial charge in [-0.15, -0.1) is 0 Å². The van der Waals surface area contributed by atoms with Crippen LogP contribution in [0.3, 0.4) is 0 Å². The molecule has 3 nitrogen and oxygen atoms in total. The third-order valence-corrected chi connectivity index (χ3v) is 5.24. The fourth-order valence-electron chi connectivity index (χ4n) is 3.57. The zero-order valence-corrected chi connectivity index (χ0v) is 18.9. The molecule has 0 fully saturated rings. The Labute approximate surface area is 180 Å². The van der Waals surface area contributed by atoms with Crippen LogP contribution in [0.1, 0.15) is 57.9 Å². The quantitative estimate of drug-likeness (QED) is 0.381. The number of aryl methyl sites for hydroxylation is 1. The van der Waals surface area contributed by atoms with Gasteiger partial charge in [0.25, 0.3) is 0 Å². The van der Waals surface area contributed by atoms with E-state index >= 15 is 0 Å². The van der Waals surface area contributed by atoms with Crippen LogP contribution in [-0.2, 0) is 19.4 Å². The first-order valence-corrected chi connectivity index (χ1v) is 10.5. The average Bonchev–Trinajstić information content (AvgIpc) is 2.88. The Balaban J connectivity index is 2.61. The SMILES string of the molecule is CCCc1nn(CC(C)C)c(-c2ccc(CC(C)(C)C(F)(F)F)cc2OC(F)F)c1C. The van der Waals surface area contributed by atoms with E-state index in [0.29, 0.717) is 17.8 Å². The lowest BCUT2D eigenvalue weighted by atomic mass is 9.84. The van der Waals surface area contributed by atoms with E-state index in [1.807, 2.05) is 27.7 Å². The molecule has 1 heterocycles. The van der Waals surface area contributed by atoms with Crippen molar-refractivity contribution in [1.29, 1.82) is 0 Å². The highest BCUT2D eigenvalue weighted by Gasteiger charge is 2.47. The minimum atomic E-state index is -4.42. The number of nitrogens with zero attached hydrogens (tertiary/aromatic N) is 2. The largest absolute Gasteiger partial charge is 0.434 e. The Morgan fingerprint density at radius 2 is 1.77 bits per heavy atom. The van der Waals surface area contributed by atoms with Crippen molar-refractivity contribution >= 4 is 0 Å². The molecule has 1 aromatic heterocycles. The summed E-state index contributed by atoms with van der Waals surface area (Å²) in [6, 6.07) is 4.41. The fraction of sp³-hybridized carbons (Fsp3) is 0.609. The van der Waals surface area contributed by atoms with E-state index in [9.17, 15) is 22.0 Å². The van der Waals surface area contributed by atoms with Gasteiger partial charge >= 0.3 is 12.8 Å². The molecule has 0 aliphatic rings. The molecule has 0 radical (unpaired) electrons. The Hall–Kier alpha value is -2.12. The van der Waals surface area contributed by atoms with Gasteiger partial charge in [0.1, 0.15) is 5.75 Å². The van der Waals surface area contributed by atoms with Crippen molar-refractivity contribution in [3.63, 3.8) is 0 Å². The maximum absolute atomic E-state index is 13.3. The van der Waals surface area contributed by atoms with E-state index in [-0.39, 0.29) is 23.7 Å². The van der Waals surface area contributed by atoms with Gasteiger partial charge in [-0.2, -0.15) is 27.1 Å². The lowest BCUT2D eigenvalue weighted by Crippen LogP contribution is -2.34. The maximum atomic E-state index is 13.3. The summed E-state index contributed by atoms with van der Waals surface area (Å²) in [6.07, 6.45) is -3.14. The lowest BCUT2D eigenvalue weighted by molar-refractivity contribution is -0.211. The van der Waals surface area contributed by atoms with Crippen LogP contribution in [0.25, 0.3) is 11.3 Å². The molecule has 0 spiro atoms. The van der Waals surface area contributed by atoms with Crippen LogP contribution in [0.4, 0.5) is 22.0 Å². The summed E-state index contributed by atoms with van der Waals surface area (Å²) in [4.78, 5) is 0. The maximum Gasteiger partial charge on any atom is 0.394 e. The molecule has 0 saturated heterocycles. The zero-order valence-electron chi connectivity index (χ0n) is 18.9. The topological polar surface area (TPSA) is 27.1 Å². The lowest BCUT2D eigenvalue weighted by Gasteiger charge is -2.28. The minimum Gasteiger partial charge on any atom is -0.434 e. The molecule has 31 heavy (non-hydrogen) atoms. The molecule has 0 aliphatic heterocycles. The Bertz CT molecular complexity index is 885. The van der Waals surface area contributed by atoms with E-state index in [1.165, 1.54) is 6.07 Å². The van der Waals surface area contributed by atoms with E-state index in [1.54, 1.807) is 16.8 Å². The van der Waals surface area contributed by atoms with Crippen molar-refractivity contribution in [2.24, 2.45) is 11.3 Å². The Kier molecular flexibility index (Phi) is 7.76. The first kappa shape index (κ1) is 25.1. The first-order chi connectivity index (χ1) is 14.3. The molecular formula is C23H31F5N2O. The van der Waals surface area contributed by atoms with Crippen LogP contribution >= 0.6 is 0 Å². The normalized spacial score (nSPS) is 12.8. The number of rotatable bonds is 9. The summed E-state index contributed by atoms with van der Waals surface area (Å²) in [7, 11) is 0. The highest BCUT2D eigenvalue weighted by Crippen LogP contribution is 2.42. The number of hydrogen-bond donors (Lipinski definition) is 0. The van der Waals surface area contributed by atoms with Crippen molar-refractivity contribution in [3.8, 4) is 17.0 Å². The predicted octanol–water partition coefficient (Wildman–Crippen LogP) is 7.20. The minimum absolute atomic E-state index is 0.137. The van der Waals surface area contributed by atoms with E-state index in [4.69, 9.17) is 4.74 Å². The van der Waals surface area contributed by atoms with Gasteiger partial charge in [-0.3, -0.25) is 4.68 Å². The molecule has 2 rings (SSSR count). The van der Waals surface area contributed by atoms with Crippen LogP contribution in [-0.4, -0.2) is 22.6 Å². The van der Waals surface area contributed by atoms with Gasteiger partial charge < -0.3 is 4.74 Å². The molecule has 1 aromatic carbocycles. The summed E-state index contributed by atoms with van der Waals surface area (Å²) in [6.45, 7) is 7.64.